The van der Waals surface area contributed by atoms with Gasteiger partial charge in [0.1, 0.15) is 11.5 Å². The number of amides is 1. The standard InChI is InChI=1S/C27H23N3O4/c1-3-14-34-22-9-6-20(15-17(22)2)25(31)23-24(19-10-12-29-13-11-19)30(27(33)26(23)32)21-7-4-18(16-28)5-8-21/h4-13,15,24,31H,3,14H2,1-2H3/b25-23-. The second-order valence-corrected chi connectivity index (χ2v) is 7.94. The summed E-state index contributed by atoms with van der Waals surface area (Å²) in [6, 6.07) is 16.1. The minimum absolute atomic E-state index is 0.0119. The second-order valence-electron chi connectivity index (χ2n) is 7.94. The maximum atomic E-state index is 13.2. The molecule has 2 aromatic carbocycles. The van der Waals surface area contributed by atoms with Crippen molar-refractivity contribution < 1.29 is 19.4 Å². The van der Waals surface area contributed by atoms with Gasteiger partial charge in [0.25, 0.3) is 11.7 Å². The fraction of sp³-hybridized carbons (Fsp3) is 0.185. The van der Waals surface area contributed by atoms with Crippen LogP contribution < -0.4 is 9.64 Å². The van der Waals surface area contributed by atoms with Gasteiger partial charge in [-0.25, -0.2) is 0 Å². The number of aliphatic hydroxyl groups is 1. The Balaban J connectivity index is 1.85. The summed E-state index contributed by atoms with van der Waals surface area (Å²) in [4.78, 5) is 31.7. The van der Waals surface area contributed by atoms with Crippen LogP contribution in [0.4, 0.5) is 5.69 Å². The Kier molecular flexibility index (Phi) is 6.42. The van der Waals surface area contributed by atoms with Crippen LogP contribution in [0.25, 0.3) is 5.76 Å². The quantitative estimate of drug-likeness (QED) is 0.330. The van der Waals surface area contributed by atoms with Crippen LogP contribution in [-0.4, -0.2) is 28.4 Å². The summed E-state index contributed by atoms with van der Waals surface area (Å²) < 4.78 is 5.71. The molecule has 1 amide bonds. The Morgan fingerprint density at radius 1 is 1.12 bits per heavy atom. The molecule has 7 heteroatoms. The number of hydrogen-bond donors (Lipinski definition) is 1. The van der Waals surface area contributed by atoms with Gasteiger partial charge in [-0.1, -0.05) is 6.92 Å². The van der Waals surface area contributed by atoms with Gasteiger partial charge in [-0.05, 0) is 79.1 Å². The van der Waals surface area contributed by atoms with E-state index < -0.39 is 17.7 Å². The summed E-state index contributed by atoms with van der Waals surface area (Å²) in [6.07, 6.45) is 4.00. The van der Waals surface area contributed by atoms with Gasteiger partial charge < -0.3 is 9.84 Å². The third-order valence-corrected chi connectivity index (χ3v) is 5.65. The molecule has 7 nitrogen and oxygen atoms in total. The number of pyridine rings is 1. The number of ether oxygens (including phenoxy) is 1. The maximum absolute atomic E-state index is 13.2. The number of benzene rings is 2. The molecule has 1 aliphatic heterocycles. The summed E-state index contributed by atoms with van der Waals surface area (Å²) >= 11 is 0. The first-order chi connectivity index (χ1) is 16.5. The van der Waals surface area contributed by atoms with Gasteiger partial charge in [-0.15, -0.1) is 0 Å². The number of ketones is 1. The number of nitrogens with zero attached hydrogens (tertiary/aromatic N) is 3. The van der Waals surface area contributed by atoms with Gasteiger partial charge >= 0.3 is 0 Å². The number of aliphatic hydroxyl groups excluding tert-OH is 1. The minimum atomic E-state index is -0.854. The summed E-state index contributed by atoms with van der Waals surface area (Å²) in [5.74, 6) is -1.11. The fourth-order valence-corrected chi connectivity index (χ4v) is 3.98. The van der Waals surface area contributed by atoms with E-state index in [9.17, 15) is 14.7 Å². The maximum Gasteiger partial charge on any atom is 0.300 e. The van der Waals surface area contributed by atoms with Crippen LogP contribution in [0.1, 0.15) is 41.6 Å². The average molecular weight is 453 g/mol. The summed E-state index contributed by atoms with van der Waals surface area (Å²) in [6.45, 7) is 4.45. The molecule has 0 saturated carbocycles. The molecule has 1 aliphatic rings. The van der Waals surface area contributed by atoms with Crippen molar-refractivity contribution in [3.63, 3.8) is 0 Å². The first kappa shape index (κ1) is 22.7. The number of aromatic nitrogens is 1. The topological polar surface area (TPSA) is 104 Å². The predicted molar refractivity (Wildman–Crippen MR) is 127 cm³/mol. The van der Waals surface area contributed by atoms with E-state index in [2.05, 4.69) is 4.98 Å². The van der Waals surface area contributed by atoms with Crippen molar-refractivity contribution in [2.45, 2.75) is 26.3 Å². The Morgan fingerprint density at radius 2 is 1.82 bits per heavy atom. The molecule has 34 heavy (non-hydrogen) atoms. The molecule has 1 atom stereocenters. The van der Waals surface area contributed by atoms with Crippen LogP contribution >= 0.6 is 0 Å². The van der Waals surface area contributed by atoms with Crippen LogP contribution in [0.3, 0.4) is 0 Å². The van der Waals surface area contributed by atoms with Crippen molar-refractivity contribution in [3.8, 4) is 11.8 Å². The average Bonchev–Trinajstić information content (AvgIpc) is 3.13. The van der Waals surface area contributed by atoms with Crippen molar-refractivity contribution in [1.29, 1.82) is 5.26 Å². The smallest absolute Gasteiger partial charge is 0.300 e. The number of carbonyl (C=O) groups excluding carboxylic acids is 2. The van der Waals surface area contributed by atoms with E-state index in [1.807, 2.05) is 19.9 Å². The lowest BCUT2D eigenvalue weighted by atomic mass is 9.95. The van der Waals surface area contributed by atoms with Crippen molar-refractivity contribution in [1.82, 2.24) is 4.98 Å². The molecular formula is C27H23N3O4. The van der Waals surface area contributed by atoms with Gasteiger partial charge in [0.2, 0.25) is 0 Å². The normalized spacial score (nSPS) is 17.0. The number of aryl methyl sites for hydroxylation is 1. The Morgan fingerprint density at radius 3 is 2.44 bits per heavy atom. The number of nitriles is 1. The monoisotopic (exact) mass is 453 g/mol. The van der Waals surface area contributed by atoms with E-state index >= 15 is 0 Å². The molecule has 3 aromatic rings. The van der Waals surface area contributed by atoms with Crippen molar-refractivity contribution >= 4 is 23.1 Å². The van der Waals surface area contributed by atoms with E-state index in [0.29, 0.717) is 34.7 Å². The van der Waals surface area contributed by atoms with E-state index in [0.717, 1.165) is 12.0 Å². The predicted octanol–water partition coefficient (Wildman–Crippen LogP) is 4.68. The third kappa shape index (κ3) is 4.14. The van der Waals surface area contributed by atoms with E-state index in [4.69, 9.17) is 10.00 Å². The molecule has 1 fully saturated rings. The van der Waals surface area contributed by atoms with Crippen molar-refractivity contribution in [2.75, 3.05) is 11.5 Å². The molecule has 0 aliphatic carbocycles. The molecule has 4 rings (SSSR count). The summed E-state index contributed by atoms with van der Waals surface area (Å²) in [5.41, 5.74) is 2.71. The number of rotatable bonds is 6. The highest BCUT2D eigenvalue weighted by molar-refractivity contribution is 6.51. The molecule has 0 bridgehead atoms. The third-order valence-electron chi connectivity index (χ3n) is 5.65. The SMILES string of the molecule is CCCOc1ccc(/C(O)=C2/C(=O)C(=O)N(c3ccc(C#N)cc3)C2c2ccncc2)cc1C. The highest BCUT2D eigenvalue weighted by Gasteiger charge is 2.47. The van der Waals surface area contributed by atoms with Gasteiger partial charge in [0.05, 0.1) is 29.9 Å². The summed E-state index contributed by atoms with van der Waals surface area (Å²) in [5, 5.41) is 20.4. The van der Waals surface area contributed by atoms with Crippen LogP contribution in [0, 0.1) is 18.3 Å². The highest BCUT2D eigenvalue weighted by Crippen LogP contribution is 2.42. The number of anilines is 1. The lowest BCUT2D eigenvalue weighted by Crippen LogP contribution is -2.29. The van der Waals surface area contributed by atoms with E-state index in [1.54, 1.807) is 67.0 Å². The highest BCUT2D eigenvalue weighted by atomic mass is 16.5. The number of Topliss-reactive ketones (excluding diaryl/α,β-unsaturated/α-hetero) is 1. The molecule has 1 N–H and O–H groups in total. The van der Waals surface area contributed by atoms with Gasteiger partial charge in [-0.3, -0.25) is 19.5 Å². The van der Waals surface area contributed by atoms with Crippen LogP contribution in [-0.2, 0) is 9.59 Å². The minimum Gasteiger partial charge on any atom is -0.507 e. The number of carbonyl (C=O) groups is 2. The van der Waals surface area contributed by atoms with Crippen LogP contribution in [0.15, 0.2) is 72.6 Å². The van der Waals surface area contributed by atoms with E-state index in [1.165, 1.54) is 4.90 Å². The van der Waals surface area contributed by atoms with Gasteiger partial charge in [0, 0.05) is 23.6 Å². The zero-order valence-electron chi connectivity index (χ0n) is 18.9. The largest absolute Gasteiger partial charge is 0.507 e. The molecule has 1 aromatic heterocycles. The number of hydrogen-bond acceptors (Lipinski definition) is 6. The van der Waals surface area contributed by atoms with Gasteiger partial charge in [-0.2, -0.15) is 5.26 Å². The summed E-state index contributed by atoms with van der Waals surface area (Å²) in [7, 11) is 0. The van der Waals surface area contributed by atoms with Crippen molar-refractivity contribution in [2.24, 2.45) is 0 Å². The first-order valence-electron chi connectivity index (χ1n) is 10.9. The Hall–Kier alpha value is -4.44. The molecule has 0 spiro atoms. The lowest BCUT2D eigenvalue weighted by molar-refractivity contribution is -0.132. The first-order valence-corrected chi connectivity index (χ1v) is 10.9. The Labute approximate surface area is 197 Å². The van der Waals surface area contributed by atoms with Crippen LogP contribution in [0.2, 0.25) is 0 Å². The lowest BCUT2D eigenvalue weighted by Gasteiger charge is -2.25. The molecule has 1 unspecified atom stereocenters. The van der Waals surface area contributed by atoms with Crippen molar-refractivity contribution in [3.05, 3.63) is 94.8 Å². The van der Waals surface area contributed by atoms with Gasteiger partial charge in [0.15, 0.2) is 0 Å². The Bertz CT molecular complexity index is 1310. The molecule has 1 saturated heterocycles. The van der Waals surface area contributed by atoms with Crippen LogP contribution in [0.5, 0.6) is 5.75 Å². The zero-order chi connectivity index (χ0) is 24.2. The molecule has 170 valence electrons. The zero-order valence-corrected chi connectivity index (χ0v) is 18.9. The molecule has 2 heterocycles. The second kappa shape index (κ2) is 9.59. The fourth-order valence-electron chi connectivity index (χ4n) is 3.98. The molecule has 0 radical (unpaired) electrons. The molecular weight excluding hydrogens is 430 g/mol. The van der Waals surface area contributed by atoms with E-state index in [-0.39, 0.29) is 11.3 Å².